The number of nitrogens with one attached hydrogen (secondary N) is 2. The first kappa shape index (κ1) is 7.53. The van der Waals surface area contributed by atoms with Crippen LogP contribution in [0.15, 0.2) is 0 Å². The Hall–Kier alpha value is -0.120. The molecule has 0 spiro atoms. The second-order valence-corrected chi connectivity index (χ2v) is 3.41. The summed E-state index contributed by atoms with van der Waals surface area (Å²) in [5, 5.41) is 6.90. The molecule has 0 radical (unpaired) electrons. The molecule has 64 valence electrons. The van der Waals surface area contributed by atoms with E-state index in [1.165, 1.54) is 12.8 Å². The maximum Gasteiger partial charge on any atom is 0.0632 e. The minimum absolute atomic E-state index is 0.546. The van der Waals surface area contributed by atoms with Crippen molar-refractivity contribution in [2.24, 2.45) is 0 Å². The van der Waals surface area contributed by atoms with Crippen molar-refractivity contribution in [1.82, 2.24) is 10.6 Å². The molecule has 1 saturated heterocycles. The van der Waals surface area contributed by atoms with Gasteiger partial charge in [0.1, 0.15) is 0 Å². The number of hydrogen-bond donors (Lipinski definition) is 2. The van der Waals surface area contributed by atoms with Gasteiger partial charge in [0.15, 0.2) is 0 Å². The summed E-state index contributed by atoms with van der Waals surface area (Å²) in [6.07, 6.45) is 2.74. The molecule has 3 nitrogen and oxygen atoms in total. The van der Waals surface area contributed by atoms with Crippen LogP contribution in [0.5, 0.6) is 0 Å². The van der Waals surface area contributed by atoms with Gasteiger partial charge in [-0.2, -0.15) is 0 Å². The molecule has 1 atom stereocenters. The molecule has 1 aliphatic heterocycles. The molecule has 0 amide bonds. The van der Waals surface area contributed by atoms with Crippen molar-refractivity contribution < 1.29 is 4.74 Å². The Balaban J connectivity index is 1.59. The zero-order chi connectivity index (χ0) is 7.52. The summed E-state index contributed by atoms with van der Waals surface area (Å²) in [5.41, 5.74) is 0. The molecule has 2 fully saturated rings. The minimum atomic E-state index is 0.546. The maximum absolute atomic E-state index is 5.33. The summed E-state index contributed by atoms with van der Waals surface area (Å²) in [5.74, 6) is 0. The monoisotopic (exact) mass is 156 g/mol. The molecule has 0 aromatic heterocycles. The zero-order valence-corrected chi connectivity index (χ0v) is 6.81. The SMILES string of the molecule is C1COC[C@@H](CNC2CC2)N1. The van der Waals surface area contributed by atoms with Crippen molar-refractivity contribution in [3.8, 4) is 0 Å². The molecule has 2 aliphatic rings. The average Bonchev–Trinajstić information content (AvgIpc) is 2.86. The fourth-order valence-corrected chi connectivity index (χ4v) is 1.35. The fraction of sp³-hybridized carbons (Fsp3) is 1.00. The van der Waals surface area contributed by atoms with E-state index in [2.05, 4.69) is 10.6 Å². The van der Waals surface area contributed by atoms with Gasteiger partial charge in [0.2, 0.25) is 0 Å². The van der Waals surface area contributed by atoms with Gasteiger partial charge in [0, 0.05) is 25.2 Å². The van der Waals surface area contributed by atoms with Gasteiger partial charge in [-0.1, -0.05) is 0 Å². The molecule has 2 N–H and O–H groups in total. The summed E-state index contributed by atoms with van der Waals surface area (Å²) in [6.45, 7) is 3.83. The summed E-state index contributed by atoms with van der Waals surface area (Å²) in [6, 6.07) is 1.36. The van der Waals surface area contributed by atoms with E-state index in [0.717, 1.165) is 32.3 Å². The van der Waals surface area contributed by atoms with Gasteiger partial charge in [-0.05, 0) is 12.8 Å². The third kappa shape index (κ3) is 2.43. The number of ether oxygens (including phenoxy) is 1. The van der Waals surface area contributed by atoms with E-state index in [9.17, 15) is 0 Å². The van der Waals surface area contributed by atoms with Gasteiger partial charge in [-0.15, -0.1) is 0 Å². The molecule has 2 rings (SSSR count). The predicted octanol–water partition coefficient (Wildman–Crippen LogP) is -0.273. The standard InChI is InChI=1S/C8H16N2O/c1-2-7(1)10-5-8-6-11-4-3-9-8/h7-10H,1-6H2/t8-/m1/s1. The Bertz CT molecular complexity index is 119. The molecular formula is C8H16N2O. The molecule has 1 aliphatic carbocycles. The first-order valence-electron chi connectivity index (χ1n) is 4.49. The van der Waals surface area contributed by atoms with Crippen molar-refractivity contribution in [3.05, 3.63) is 0 Å². The molecule has 11 heavy (non-hydrogen) atoms. The maximum atomic E-state index is 5.33. The third-order valence-electron chi connectivity index (χ3n) is 2.23. The van der Waals surface area contributed by atoms with Gasteiger partial charge >= 0.3 is 0 Å². The van der Waals surface area contributed by atoms with E-state index in [1.807, 2.05) is 0 Å². The Kier molecular flexibility index (Phi) is 2.41. The number of hydrogen-bond acceptors (Lipinski definition) is 3. The molecular weight excluding hydrogens is 140 g/mol. The summed E-state index contributed by atoms with van der Waals surface area (Å²) in [7, 11) is 0. The quantitative estimate of drug-likeness (QED) is 0.590. The van der Waals surface area contributed by atoms with Gasteiger partial charge in [0.25, 0.3) is 0 Å². The second-order valence-electron chi connectivity index (χ2n) is 3.41. The Morgan fingerprint density at radius 1 is 1.45 bits per heavy atom. The first-order chi connectivity index (χ1) is 5.45. The molecule has 0 unspecified atom stereocenters. The smallest absolute Gasteiger partial charge is 0.0632 e. The van der Waals surface area contributed by atoms with Crippen LogP contribution in [0.1, 0.15) is 12.8 Å². The Morgan fingerprint density at radius 2 is 2.36 bits per heavy atom. The van der Waals surface area contributed by atoms with Gasteiger partial charge < -0.3 is 15.4 Å². The lowest BCUT2D eigenvalue weighted by Gasteiger charge is -2.23. The first-order valence-corrected chi connectivity index (χ1v) is 4.49. The molecule has 3 heteroatoms. The van der Waals surface area contributed by atoms with Crippen molar-refractivity contribution in [2.75, 3.05) is 26.3 Å². The van der Waals surface area contributed by atoms with Crippen molar-refractivity contribution >= 4 is 0 Å². The highest BCUT2D eigenvalue weighted by Gasteiger charge is 2.22. The van der Waals surface area contributed by atoms with E-state index in [1.54, 1.807) is 0 Å². The third-order valence-corrected chi connectivity index (χ3v) is 2.23. The van der Waals surface area contributed by atoms with Gasteiger partial charge in [-0.3, -0.25) is 0 Å². The van der Waals surface area contributed by atoms with Crippen molar-refractivity contribution in [2.45, 2.75) is 24.9 Å². The molecule has 1 heterocycles. The number of morpholine rings is 1. The largest absolute Gasteiger partial charge is 0.378 e. The highest BCUT2D eigenvalue weighted by Crippen LogP contribution is 2.18. The van der Waals surface area contributed by atoms with Crippen LogP contribution in [0.25, 0.3) is 0 Å². The lowest BCUT2D eigenvalue weighted by molar-refractivity contribution is 0.0766. The lowest BCUT2D eigenvalue weighted by atomic mass is 10.3. The van der Waals surface area contributed by atoms with E-state index in [0.29, 0.717) is 6.04 Å². The molecule has 0 aromatic carbocycles. The zero-order valence-electron chi connectivity index (χ0n) is 6.81. The van der Waals surface area contributed by atoms with E-state index >= 15 is 0 Å². The van der Waals surface area contributed by atoms with Crippen LogP contribution < -0.4 is 10.6 Å². The predicted molar refractivity (Wildman–Crippen MR) is 43.6 cm³/mol. The summed E-state index contributed by atoms with van der Waals surface area (Å²) >= 11 is 0. The molecule has 0 aromatic rings. The minimum Gasteiger partial charge on any atom is -0.378 e. The van der Waals surface area contributed by atoms with Crippen molar-refractivity contribution in [3.63, 3.8) is 0 Å². The van der Waals surface area contributed by atoms with Gasteiger partial charge in [0.05, 0.1) is 13.2 Å². The van der Waals surface area contributed by atoms with Crippen molar-refractivity contribution in [1.29, 1.82) is 0 Å². The molecule has 0 bridgehead atoms. The van der Waals surface area contributed by atoms with E-state index in [4.69, 9.17) is 4.74 Å². The number of rotatable bonds is 3. The normalized spacial score (nSPS) is 32.2. The fourth-order valence-electron chi connectivity index (χ4n) is 1.35. The highest BCUT2D eigenvalue weighted by atomic mass is 16.5. The lowest BCUT2D eigenvalue weighted by Crippen LogP contribution is -2.47. The average molecular weight is 156 g/mol. The highest BCUT2D eigenvalue weighted by molar-refractivity contribution is 4.83. The summed E-state index contributed by atoms with van der Waals surface area (Å²) in [4.78, 5) is 0. The van der Waals surface area contributed by atoms with Crippen LogP contribution >= 0.6 is 0 Å². The van der Waals surface area contributed by atoms with Gasteiger partial charge in [-0.25, -0.2) is 0 Å². The van der Waals surface area contributed by atoms with Crippen LogP contribution in [0.2, 0.25) is 0 Å². The topological polar surface area (TPSA) is 33.3 Å². The molecule has 1 saturated carbocycles. The van der Waals surface area contributed by atoms with Crippen LogP contribution in [0.3, 0.4) is 0 Å². The van der Waals surface area contributed by atoms with Crippen LogP contribution in [0.4, 0.5) is 0 Å². The second kappa shape index (κ2) is 3.52. The summed E-state index contributed by atoms with van der Waals surface area (Å²) < 4.78 is 5.33. The van der Waals surface area contributed by atoms with E-state index < -0.39 is 0 Å². The van der Waals surface area contributed by atoms with Crippen LogP contribution in [-0.2, 0) is 4.74 Å². The van der Waals surface area contributed by atoms with Crippen LogP contribution in [0, 0.1) is 0 Å². The Labute approximate surface area is 67.5 Å². The Morgan fingerprint density at radius 3 is 3.00 bits per heavy atom. The van der Waals surface area contributed by atoms with E-state index in [-0.39, 0.29) is 0 Å². The van der Waals surface area contributed by atoms with Crippen LogP contribution in [-0.4, -0.2) is 38.4 Å².